The number of carbonyl (C=O) groups is 1. The molecule has 0 amide bonds. The lowest BCUT2D eigenvalue weighted by molar-refractivity contribution is 0.100. The summed E-state index contributed by atoms with van der Waals surface area (Å²) in [7, 11) is 0. The monoisotopic (exact) mass is 260 g/mol. The second-order valence-corrected chi connectivity index (χ2v) is 3.53. The summed E-state index contributed by atoms with van der Waals surface area (Å²) in [6.45, 7) is 0. The molecule has 0 saturated heterocycles. The third kappa shape index (κ3) is 2.06. The van der Waals surface area contributed by atoms with E-state index in [4.69, 9.17) is 16.0 Å². The van der Waals surface area contributed by atoms with Gasteiger partial charge in [-0.05, 0) is 35.9 Å². The van der Waals surface area contributed by atoms with Crippen LogP contribution in [0.2, 0.25) is 5.22 Å². The second kappa shape index (κ2) is 4.25. The van der Waals surface area contributed by atoms with Crippen LogP contribution < -0.4 is 0 Å². The molecule has 1 aromatic heterocycles. The van der Waals surface area contributed by atoms with Crippen molar-refractivity contribution >= 4 is 17.4 Å². The third-order valence-electron chi connectivity index (χ3n) is 2.08. The van der Waals surface area contributed by atoms with Gasteiger partial charge >= 0.3 is 0 Å². The van der Waals surface area contributed by atoms with Crippen LogP contribution in [0.5, 0.6) is 0 Å². The minimum Gasteiger partial charge on any atom is -0.441 e. The molecule has 0 aliphatic carbocycles. The second-order valence-electron chi connectivity index (χ2n) is 3.16. The zero-order valence-electron chi connectivity index (χ0n) is 8.14. The van der Waals surface area contributed by atoms with Crippen LogP contribution >= 0.6 is 11.6 Å². The molecule has 1 heterocycles. The lowest BCUT2D eigenvalue weighted by atomic mass is 10.1. The van der Waals surface area contributed by atoms with Crippen molar-refractivity contribution in [1.82, 2.24) is 0 Å². The fraction of sp³-hybridized carbons (Fsp3) is 0. The van der Waals surface area contributed by atoms with Crippen molar-refractivity contribution in [1.29, 1.82) is 0 Å². The molecule has 6 heteroatoms. The number of halogens is 4. The largest absolute Gasteiger partial charge is 0.441 e. The number of hydrogen-bond donors (Lipinski definition) is 0. The Balaban J connectivity index is 2.48. The summed E-state index contributed by atoms with van der Waals surface area (Å²) in [4.78, 5) is 11.7. The molecule has 0 aliphatic heterocycles. The van der Waals surface area contributed by atoms with Crippen LogP contribution in [0, 0.1) is 17.5 Å². The van der Waals surface area contributed by atoms with E-state index in [2.05, 4.69) is 0 Å². The van der Waals surface area contributed by atoms with Crippen LogP contribution in [0.25, 0.3) is 0 Å². The SMILES string of the molecule is O=C(c1ccc(Cl)o1)c1ccc(F)c(F)c1F. The predicted octanol–water partition coefficient (Wildman–Crippen LogP) is 3.58. The molecule has 0 unspecified atom stereocenters. The fourth-order valence-electron chi connectivity index (χ4n) is 1.27. The number of furan rings is 1. The molecule has 0 saturated carbocycles. The normalized spacial score (nSPS) is 10.6. The van der Waals surface area contributed by atoms with Gasteiger partial charge in [0.05, 0.1) is 5.56 Å². The van der Waals surface area contributed by atoms with Crippen molar-refractivity contribution in [2.45, 2.75) is 0 Å². The van der Waals surface area contributed by atoms with E-state index in [1.807, 2.05) is 0 Å². The van der Waals surface area contributed by atoms with Crippen LogP contribution in [0.15, 0.2) is 28.7 Å². The minimum atomic E-state index is -1.70. The quantitative estimate of drug-likeness (QED) is 0.610. The number of benzene rings is 1. The molecular formula is C11H4ClF3O2. The Morgan fingerprint density at radius 3 is 2.35 bits per heavy atom. The Labute approximate surface area is 98.6 Å². The van der Waals surface area contributed by atoms with Gasteiger partial charge in [0, 0.05) is 0 Å². The molecule has 0 atom stereocenters. The van der Waals surface area contributed by atoms with Gasteiger partial charge in [-0.25, -0.2) is 13.2 Å². The van der Waals surface area contributed by atoms with Crippen molar-refractivity contribution in [3.8, 4) is 0 Å². The summed E-state index contributed by atoms with van der Waals surface area (Å²) in [6.07, 6.45) is 0. The van der Waals surface area contributed by atoms with Gasteiger partial charge in [-0.15, -0.1) is 0 Å². The molecule has 2 aromatic rings. The molecule has 0 radical (unpaired) electrons. The Morgan fingerprint density at radius 1 is 1.06 bits per heavy atom. The van der Waals surface area contributed by atoms with Crippen molar-refractivity contribution in [3.05, 3.63) is 58.3 Å². The van der Waals surface area contributed by atoms with Gasteiger partial charge in [0.2, 0.25) is 5.78 Å². The first-order chi connectivity index (χ1) is 8.00. The Bertz CT molecular complexity index is 592. The molecule has 0 N–H and O–H groups in total. The van der Waals surface area contributed by atoms with E-state index >= 15 is 0 Å². The van der Waals surface area contributed by atoms with E-state index in [1.165, 1.54) is 12.1 Å². The van der Waals surface area contributed by atoms with E-state index in [0.717, 1.165) is 6.07 Å². The first-order valence-corrected chi connectivity index (χ1v) is 4.82. The molecule has 17 heavy (non-hydrogen) atoms. The highest BCUT2D eigenvalue weighted by molar-refractivity contribution is 6.29. The van der Waals surface area contributed by atoms with Crippen LogP contribution in [-0.4, -0.2) is 5.78 Å². The van der Waals surface area contributed by atoms with Crippen LogP contribution in [0.4, 0.5) is 13.2 Å². The summed E-state index contributed by atoms with van der Waals surface area (Å²) in [6, 6.07) is 4.00. The van der Waals surface area contributed by atoms with Gasteiger partial charge in [0.1, 0.15) is 0 Å². The maximum Gasteiger partial charge on any atom is 0.231 e. The van der Waals surface area contributed by atoms with Crippen LogP contribution in [-0.2, 0) is 0 Å². The Morgan fingerprint density at radius 2 is 1.76 bits per heavy atom. The molecular weight excluding hydrogens is 257 g/mol. The highest BCUT2D eigenvalue weighted by Crippen LogP contribution is 2.21. The number of rotatable bonds is 2. The van der Waals surface area contributed by atoms with E-state index in [0.29, 0.717) is 6.07 Å². The highest BCUT2D eigenvalue weighted by atomic mass is 35.5. The van der Waals surface area contributed by atoms with E-state index < -0.39 is 28.8 Å². The van der Waals surface area contributed by atoms with E-state index in [-0.39, 0.29) is 11.0 Å². The van der Waals surface area contributed by atoms with Crippen LogP contribution in [0.3, 0.4) is 0 Å². The Kier molecular flexibility index (Phi) is 2.93. The molecule has 0 aliphatic rings. The highest BCUT2D eigenvalue weighted by Gasteiger charge is 2.21. The van der Waals surface area contributed by atoms with Gasteiger partial charge < -0.3 is 4.42 Å². The van der Waals surface area contributed by atoms with E-state index in [1.54, 1.807) is 0 Å². The molecule has 0 bridgehead atoms. The third-order valence-corrected chi connectivity index (χ3v) is 2.28. The van der Waals surface area contributed by atoms with Gasteiger partial charge in [-0.1, -0.05) is 0 Å². The van der Waals surface area contributed by atoms with Crippen molar-refractivity contribution in [2.24, 2.45) is 0 Å². The summed E-state index contributed by atoms with van der Waals surface area (Å²) in [5.41, 5.74) is -0.616. The lowest BCUT2D eigenvalue weighted by Crippen LogP contribution is -2.06. The van der Waals surface area contributed by atoms with Crippen LogP contribution in [0.1, 0.15) is 16.1 Å². The topological polar surface area (TPSA) is 30.2 Å². The van der Waals surface area contributed by atoms with Crippen molar-refractivity contribution in [2.75, 3.05) is 0 Å². The standard InChI is InChI=1S/C11H4ClF3O2/c12-8-4-3-7(17-8)11(16)5-1-2-6(13)10(15)9(5)14/h1-4H. The maximum absolute atomic E-state index is 13.3. The zero-order valence-corrected chi connectivity index (χ0v) is 8.89. The lowest BCUT2D eigenvalue weighted by Gasteiger charge is -2.01. The first-order valence-electron chi connectivity index (χ1n) is 4.44. The van der Waals surface area contributed by atoms with Gasteiger partial charge in [0.25, 0.3) is 0 Å². The smallest absolute Gasteiger partial charge is 0.231 e. The molecule has 0 spiro atoms. The Hall–Kier alpha value is -1.75. The molecule has 2 rings (SSSR count). The molecule has 88 valence electrons. The molecule has 0 fully saturated rings. The summed E-state index contributed by atoms with van der Waals surface area (Å²) in [5, 5.41) is -0.0589. The van der Waals surface area contributed by atoms with E-state index in [9.17, 15) is 18.0 Å². The predicted molar refractivity (Wildman–Crippen MR) is 53.5 cm³/mol. The van der Waals surface area contributed by atoms with Gasteiger partial charge in [-0.2, -0.15) is 0 Å². The zero-order chi connectivity index (χ0) is 12.6. The summed E-state index contributed by atoms with van der Waals surface area (Å²) < 4.78 is 43.6. The molecule has 1 aromatic carbocycles. The minimum absolute atomic E-state index is 0.0589. The summed E-state index contributed by atoms with van der Waals surface area (Å²) in [5.74, 6) is -5.78. The molecule has 2 nitrogen and oxygen atoms in total. The number of ketones is 1. The number of hydrogen-bond acceptors (Lipinski definition) is 2. The maximum atomic E-state index is 13.3. The van der Waals surface area contributed by atoms with Crippen molar-refractivity contribution < 1.29 is 22.4 Å². The van der Waals surface area contributed by atoms with Crippen molar-refractivity contribution in [3.63, 3.8) is 0 Å². The summed E-state index contributed by atoms with van der Waals surface area (Å²) >= 11 is 5.44. The number of carbonyl (C=O) groups excluding carboxylic acids is 1. The first kappa shape index (κ1) is 11.7. The van der Waals surface area contributed by atoms with Gasteiger partial charge in [-0.3, -0.25) is 4.79 Å². The van der Waals surface area contributed by atoms with Gasteiger partial charge in [0.15, 0.2) is 28.4 Å². The fourth-order valence-corrected chi connectivity index (χ4v) is 1.42. The average molecular weight is 261 g/mol. The average Bonchev–Trinajstić information content (AvgIpc) is 2.72.